The van der Waals surface area contributed by atoms with Crippen LogP contribution in [0.25, 0.3) is 16.1 Å². The quantitative estimate of drug-likeness (QED) is 0.348. The van der Waals surface area contributed by atoms with Gasteiger partial charge in [0.05, 0.1) is 5.69 Å². The first-order valence-electron chi connectivity index (χ1n) is 8.28. The van der Waals surface area contributed by atoms with Gasteiger partial charge in [-0.25, -0.2) is 0 Å². The van der Waals surface area contributed by atoms with Crippen LogP contribution in [0, 0.1) is 0 Å². The Morgan fingerprint density at radius 3 is 2.08 bits per heavy atom. The summed E-state index contributed by atoms with van der Waals surface area (Å²) in [6.45, 7) is 0. The van der Waals surface area contributed by atoms with Crippen LogP contribution in [-0.4, -0.2) is 6.21 Å². The van der Waals surface area contributed by atoms with E-state index in [1.54, 1.807) is 0 Å². The third-order valence-corrected chi connectivity index (χ3v) is 4.05. The Bertz CT molecular complexity index is 1010. The molecule has 0 amide bonds. The zero-order valence-electron chi connectivity index (χ0n) is 14.2. The third-order valence-electron chi connectivity index (χ3n) is 4.05. The van der Waals surface area contributed by atoms with Gasteiger partial charge in [-0.05, 0) is 28.5 Å². The molecule has 0 spiro atoms. The van der Waals surface area contributed by atoms with E-state index in [0.29, 0.717) is 0 Å². The molecule has 4 aromatic carbocycles. The van der Waals surface area contributed by atoms with Crippen LogP contribution >= 0.6 is 0 Å². The molecular weight excluding hydrogens is 355 g/mol. The van der Waals surface area contributed by atoms with Crippen LogP contribution in [0.15, 0.2) is 102 Å². The standard InChI is InChI=1S/C23H17N2.V/c1-3-10-19(11-4-1)24-17-22-21-14-8-7-9-18(21)15-16-23(22)25-20-12-5-2-6-13-20;/h1-17H;/q-1;. The first-order valence-corrected chi connectivity index (χ1v) is 8.28. The zero-order valence-corrected chi connectivity index (χ0v) is 15.6. The summed E-state index contributed by atoms with van der Waals surface area (Å²) < 4.78 is 0. The van der Waals surface area contributed by atoms with Gasteiger partial charge < -0.3 is 5.32 Å². The molecule has 3 heteroatoms. The number of hydrogen-bond donors (Lipinski definition) is 0. The molecule has 0 aliphatic heterocycles. The van der Waals surface area contributed by atoms with E-state index in [9.17, 15) is 0 Å². The fourth-order valence-electron chi connectivity index (χ4n) is 2.81. The van der Waals surface area contributed by atoms with Gasteiger partial charge in [-0.3, -0.25) is 4.99 Å². The molecule has 0 atom stereocenters. The summed E-state index contributed by atoms with van der Waals surface area (Å²) in [5, 5.41) is 7.15. The van der Waals surface area contributed by atoms with Gasteiger partial charge in [0, 0.05) is 24.8 Å². The molecule has 0 fully saturated rings. The summed E-state index contributed by atoms with van der Waals surface area (Å²) in [5.41, 5.74) is 3.82. The monoisotopic (exact) mass is 372 g/mol. The number of aliphatic imine (C=N–C) groups is 1. The maximum absolute atomic E-state index is 4.81. The van der Waals surface area contributed by atoms with Crippen molar-refractivity contribution >= 4 is 34.0 Å². The number of benzene rings is 4. The van der Waals surface area contributed by atoms with Gasteiger partial charge in [0.25, 0.3) is 0 Å². The summed E-state index contributed by atoms with van der Waals surface area (Å²) in [7, 11) is 0. The van der Waals surface area contributed by atoms with Crippen molar-refractivity contribution in [3.05, 3.63) is 108 Å². The van der Waals surface area contributed by atoms with Crippen LogP contribution in [0.1, 0.15) is 5.56 Å². The van der Waals surface area contributed by atoms with E-state index in [4.69, 9.17) is 5.32 Å². The minimum absolute atomic E-state index is 0. The molecule has 0 aliphatic rings. The number of fused-ring (bicyclic) bond motifs is 1. The molecule has 26 heavy (non-hydrogen) atoms. The summed E-state index contributed by atoms with van der Waals surface area (Å²) in [6.07, 6.45) is 1.92. The van der Waals surface area contributed by atoms with Crippen LogP contribution in [0.2, 0.25) is 0 Å². The smallest absolute Gasteiger partial charge is 0.0629 e. The van der Waals surface area contributed by atoms with Gasteiger partial charge in [0.1, 0.15) is 0 Å². The maximum Gasteiger partial charge on any atom is 0.0629 e. The Morgan fingerprint density at radius 1 is 0.654 bits per heavy atom. The van der Waals surface area contributed by atoms with Crippen LogP contribution < -0.4 is 0 Å². The topological polar surface area (TPSA) is 26.5 Å². The third kappa shape index (κ3) is 4.05. The van der Waals surface area contributed by atoms with E-state index < -0.39 is 0 Å². The second-order valence-corrected chi connectivity index (χ2v) is 5.76. The Morgan fingerprint density at radius 2 is 1.31 bits per heavy atom. The van der Waals surface area contributed by atoms with E-state index in [-0.39, 0.29) is 18.6 Å². The Hall–Kier alpha value is -2.81. The number of para-hydroxylation sites is 2. The number of nitrogens with zero attached hydrogens (tertiary/aromatic N) is 2. The van der Waals surface area contributed by atoms with Gasteiger partial charge in [-0.2, -0.15) is 0 Å². The molecule has 0 N–H and O–H groups in total. The Kier molecular flexibility index (Phi) is 5.90. The van der Waals surface area contributed by atoms with E-state index in [1.807, 2.05) is 66.9 Å². The van der Waals surface area contributed by atoms with E-state index in [0.717, 1.165) is 28.0 Å². The van der Waals surface area contributed by atoms with E-state index in [2.05, 4.69) is 41.4 Å². The van der Waals surface area contributed by atoms with Crippen molar-refractivity contribution < 1.29 is 18.6 Å². The summed E-state index contributed by atoms with van der Waals surface area (Å²) >= 11 is 0. The molecule has 0 unspecified atom stereocenters. The molecule has 4 aromatic rings. The summed E-state index contributed by atoms with van der Waals surface area (Å²) in [6, 6.07) is 32.5. The largest absolute Gasteiger partial charge is 0.657 e. The predicted molar refractivity (Wildman–Crippen MR) is 107 cm³/mol. The average Bonchev–Trinajstić information content (AvgIpc) is 2.68. The normalized spacial score (nSPS) is 10.6. The molecule has 0 aliphatic carbocycles. The minimum atomic E-state index is 0. The van der Waals surface area contributed by atoms with Crippen molar-refractivity contribution in [1.29, 1.82) is 0 Å². The predicted octanol–water partition coefficient (Wildman–Crippen LogP) is 6.92. The van der Waals surface area contributed by atoms with Crippen LogP contribution in [0.4, 0.5) is 17.1 Å². The Balaban J connectivity index is 0.00000196. The molecule has 0 saturated heterocycles. The summed E-state index contributed by atoms with van der Waals surface area (Å²) in [5.74, 6) is 0. The fourth-order valence-corrected chi connectivity index (χ4v) is 2.81. The molecule has 0 bridgehead atoms. The molecule has 0 aromatic heterocycles. The molecule has 0 saturated carbocycles. The van der Waals surface area contributed by atoms with Crippen LogP contribution in [0.5, 0.6) is 0 Å². The minimum Gasteiger partial charge on any atom is -0.657 e. The van der Waals surface area contributed by atoms with Gasteiger partial charge in [-0.15, -0.1) is 11.4 Å². The fraction of sp³-hybridized carbons (Fsp3) is 0. The molecular formula is C23H17N2V-. The summed E-state index contributed by atoms with van der Waals surface area (Å²) in [4.78, 5) is 4.64. The molecule has 4 rings (SSSR count). The SMILES string of the molecule is C(=Nc1ccccc1)c1c([N-]c2ccccc2)ccc2ccccc12.[V]. The molecule has 125 valence electrons. The molecule has 2 nitrogen and oxygen atoms in total. The number of rotatable bonds is 4. The molecule has 0 heterocycles. The van der Waals surface area contributed by atoms with Crippen LogP contribution in [-0.2, 0) is 18.6 Å². The second-order valence-electron chi connectivity index (χ2n) is 5.76. The molecule has 1 radical (unpaired) electrons. The van der Waals surface area contributed by atoms with Crippen molar-refractivity contribution in [3.8, 4) is 0 Å². The van der Waals surface area contributed by atoms with Crippen LogP contribution in [0.3, 0.4) is 0 Å². The van der Waals surface area contributed by atoms with Crippen molar-refractivity contribution in [3.63, 3.8) is 0 Å². The van der Waals surface area contributed by atoms with Gasteiger partial charge in [-0.1, -0.05) is 84.9 Å². The van der Waals surface area contributed by atoms with Crippen molar-refractivity contribution in [1.82, 2.24) is 0 Å². The van der Waals surface area contributed by atoms with Crippen molar-refractivity contribution in [2.75, 3.05) is 0 Å². The van der Waals surface area contributed by atoms with Crippen molar-refractivity contribution in [2.24, 2.45) is 4.99 Å². The van der Waals surface area contributed by atoms with E-state index >= 15 is 0 Å². The van der Waals surface area contributed by atoms with Gasteiger partial charge in [0.15, 0.2) is 0 Å². The zero-order chi connectivity index (χ0) is 16.9. The van der Waals surface area contributed by atoms with Crippen molar-refractivity contribution in [2.45, 2.75) is 0 Å². The Labute approximate surface area is 165 Å². The van der Waals surface area contributed by atoms with Gasteiger partial charge in [0.2, 0.25) is 0 Å². The average molecular weight is 372 g/mol. The first kappa shape index (κ1) is 18.0. The second kappa shape index (κ2) is 8.53. The van der Waals surface area contributed by atoms with E-state index in [1.165, 1.54) is 5.39 Å². The number of hydrogen-bond acceptors (Lipinski definition) is 1. The first-order chi connectivity index (χ1) is 12.4. The van der Waals surface area contributed by atoms with Gasteiger partial charge >= 0.3 is 0 Å². The maximum atomic E-state index is 4.81.